The highest BCUT2D eigenvalue weighted by Gasteiger charge is 2.20. The van der Waals surface area contributed by atoms with E-state index in [2.05, 4.69) is 15.2 Å². The predicted octanol–water partition coefficient (Wildman–Crippen LogP) is 4.00. The largest absolute Gasteiger partial charge is 0.482 e. The first-order valence-corrected chi connectivity index (χ1v) is 9.33. The Hall–Kier alpha value is -2.39. The van der Waals surface area contributed by atoms with E-state index in [9.17, 15) is 4.39 Å². The number of aliphatic hydroxyl groups excluding tert-OH is 2. The van der Waals surface area contributed by atoms with Crippen molar-refractivity contribution < 1.29 is 19.3 Å². The summed E-state index contributed by atoms with van der Waals surface area (Å²) in [7, 11) is 0. The Bertz CT molecular complexity index is 939. The highest BCUT2D eigenvalue weighted by molar-refractivity contribution is 6.36. The summed E-state index contributed by atoms with van der Waals surface area (Å²) in [5.74, 6) is -0.0138. The molecule has 2 aromatic heterocycles. The van der Waals surface area contributed by atoms with Gasteiger partial charge in [0.15, 0.2) is 11.6 Å². The molecule has 0 fully saturated rings. The molecule has 10 heteroatoms. The Morgan fingerprint density at radius 1 is 1.24 bits per heavy atom. The predicted molar refractivity (Wildman–Crippen MR) is 110 cm³/mol. The molecule has 3 rings (SSSR count). The lowest BCUT2D eigenvalue weighted by Gasteiger charge is -2.19. The van der Waals surface area contributed by atoms with Gasteiger partial charge >= 0.3 is 0 Å². The molecule has 2 atom stereocenters. The fraction of sp³-hybridized carbons (Fsp3) is 0.263. The van der Waals surface area contributed by atoms with Gasteiger partial charge < -0.3 is 20.7 Å². The second kappa shape index (κ2) is 10.4. The number of nitrogens with zero attached hydrogens (tertiary/aromatic N) is 2. The monoisotopic (exact) mass is 442 g/mol. The number of ether oxygens (including phenoxy) is 1. The average Bonchev–Trinajstić information content (AvgIpc) is 3.22. The lowest BCUT2D eigenvalue weighted by Crippen LogP contribution is -2.08. The maximum Gasteiger partial charge on any atom is 0.166 e. The van der Waals surface area contributed by atoms with Crippen LogP contribution >= 0.6 is 23.2 Å². The van der Waals surface area contributed by atoms with Crippen molar-refractivity contribution in [3.63, 3.8) is 0 Å². The van der Waals surface area contributed by atoms with Crippen LogP contribution in [0.25, 0.3) is 11.1 Å². The summed E-state index contributed by atoms with van der Waals surface area (Å²) in [6.07, 6.45) is 3.81. The van der Waals surface area contributed by atoms with E-state index in [0.717, 1.165) is 11.1 Å². The summed E-state index contributed by atoms with van der Waals surface area (Å²) in [6.45, 7) is 3.09. The molecule has 0 amide bonds. The Labute approximate surface area is 177 Å². The van der Waals surface area contributed by atoms with Gasteiger partial charge in [-0.05, 0) is 32.0 Å². The third-order valence-corrected chi connectivity index (χ3v) is 4.48. The Balaban J connectivity index is 0.000000537. The van der Waals surface area contributed by atoms with Gasteiger partial charge in [0.2, 0.25) is 0 Å². The van der Waals surface area contributed by atoms with Gasteiger partial charge in [0.1, 0.15) is 11.9 Å². The minimum absolute atomic E-state index is 0.0764. The molecule has 29 heavy (non-hydrogen) atoms. The molecule has 0 aliphatic heterocycles. The summed E-state index contributed by atoms with van der Waals surface area (Å²) >= 11 is 12.1. The van der Waals surface area contributed by atoms with Crippen LogP contribution < -0.4 is 10.5 Å². The highest BCUT2D eigenvalue weighted by atomic mass is 35.5. The molecule has 0 aliphatic carbocycles. The fourth-order valence-electron chi connectivity index (χ4n) is 2.28. The van der Waals surface area contributed by atoms with Crippen molar-refractivity contribution in [3.05, 3.63) is 58.2 Å². The number of H-pyrrole nitrogens is 1. The number of halogens is 3. The van der Waals surface area contributed by atoms with Crippen LogP contribution in [0, 0.1) is 5.82 Å². The van der Waals surface area contributed by atoms with Crippen molar-refractivity contribution >= 4 is 29.0 Å². The van der Waals surface area contributed by atoms with Crippen LogP contribution in [-0.2, 0) is 0 Å². The van der Waals surface area contributed by atoms with Gasteiger partial charge in [0.05, 0.1) is 23.9 Å². The van der Waals surface area contributed by atoms with E-state index in [1.807, 2.05) is 0 Å². The third kappa shape index (κ3) is 6.04. The molecule has 2 unspecified atom stereocenters. The lowest BCUT2D eigenvalue weighted by atomic mass is 10.1. The van der Waals surface area contributed by atoms with Crippen molar-refractivity contribution in [1.82, 2.24) is 15.2 Å². The molecule has 0 bridgehead atoms. The first-order valence-electron chi connectivity index (χ1n) is 8.58. The van der Waals surface area contributed by atoms with Crippen molar-refractivity contribution in [2.75, 3.05) is 12.3 Å². The molecule has 5 N–H and O–H groups in total. The maximum absolute atomic E-state index is 13.7. The number of aromatic nitrogens is 3. The van der Waals surface area contributed by atoms with Gasteiger partial charge in [0.25, 0.3) is 0 Å². The number of hydrogen-bond acceptors (Lipinski definition) is 6. The van der Waals surface area contributed by atoms with Gasteiger partial charge in [-0.3, -0.25) is 5.10 Å². The smallest absolute Gasteiger partial charge is 0.166 e. The van der Waals surface area contributed by atoms with Gasteiger partial charge in [-0.25, -0.2) is 9.37 Å². The molecule has 7 nitrogen and oxygen atoms in total. The van der Waals surface area contributed by atoms with E-state index in [1.165, 1.54) is 19.1 Å². The maximum atomic E-state index is 13.7. The van der Waals surface area contributed by atoms with Crippen LogP contribution in [0.1, 0.15) is 25.5 Å². The molecule has 0 spiro atoms. The van der Waals surface area contributed by atoms with Crippen LogP contribution in [0.15, 0.2) is 36.8 Å². The van der Waals surface area contributed by atoms with Gasteiger partial charge in [0, 0.05) is 34.1 Å². The van der Waals surface area contributed by atoms with E-state index < -0.39 is 18.0 Å². The molecular weight excluding hydrogens is 422 g/mol. The molecule has 2 heterocycles. The lowest BCUT2D eigenvalue weighted by molar-refractivity contribution is 0.110. The summed E-state index contributed by atoms with van der Waals surface area (Å²) in [6, 6.07) is 4.36. The molecular formula is C19H21Cl2FN4O3. The van der Waals surface area contributed by atoms with Crippen molar-refractivity contribution in [2.45, 2.75) is 26.1 Å². The zero-order valence-electron chi connectivity index (χ0n) is 15.7. The topological polar surface area (TPSA) is 117 Å². The van der Waals surface area contributed by atoms with E-state index in [0.29, 0.717) is 16.3 Å². The van der Waals surface area contributed by atoms with Crippen LogP contribution in [0.3, 0.4) is 0 Å². The van der Waals surface area contributed by atoms with E-state index >= 15 is 0 Å². The highest BCUT2D eigenvalue weighted by Crippen LogP contribution is 2.36. The zero-order chi connectivity index (χ0) is 21.6. The molecule has 156 valence electrons. The molecule has 0 saturated heterocycles. The Morgan fingerprint density at radius 2 is 1.93 bits per heavy atom. The SMILES string of the molecule is CC(O)CO.CC(Oc1cc(-c2cn[nH]c2)cnc1N)c1c(Cl)ccc(F)c1Cl. The van der Waals surface area contributed by atoms with Gasteiger partial charge in [-0.2, -0.15) is 5.10 Å². The van der Waals surface area contributed by atoms with E-state index in [-0.39, 0.29) is 17.4 Å². The summed E-state index contributed by atoms with van der Waals surface area (Å²) in [4.78, 5) is 4.12. The van der Waals surface area contributed by atoms with E-state index in [4.69, 9.17) is 43.9 Å². The summed E-state index contributed by atoms with van der Waals surface area (Å²) < 4.78 is 19.5. The van der Waals surface area contributed by atoms with E-state index in [1.54, 1.807) is 31.6 Å². The number of aromatic amines is 1. The quantitative estimate of drug-likeness (QED) is 0.443. The fourth-order valence-corrected chi connectivity index (χ4v) is 2.96. The normalized spacial score (nSPS) is 12.7. The number of pyridine rings is 1. The molecule has 0 aliphatic rings. The first-order chi connectivity index (χ1) is 13.7. The number of aliphatic hydroxyl groups is 2. The second-order valence-corrected chi connectivity index (χ2v) is 6.93. The minimum atomic E-state index is -0.621. The van der Waals surface area contributed by atoms with Crippen LogP contribution in [-0.4, -0.2) is 38.1 Å². The van der Waals surface area contributed by atoms with Crippen molar-refractivity contribution in [3.8, 4) is 16.9 Å². The molecule has 0 saturated carbocycles. The number of rotatable bonds is 5. The van der Waals surface area contributed by atoms with Crippen molar-refractivity contribution in [2.24, 2.45) is 0 Å². The van der Waals surface area contributed by atoms with Gasteiger partial charge in [-0.1, -0.05) is 23.2 Å². The third-order valence-electron chi connectivity index (χ3n) is 3.77. The molecule has 1 aromatic carbocycles. The number of benzene rings is 1. The number of nitrogens with one attached hydrogen (secondary N) is 1. The average molecular weight is 443 g/mol. The Kier molecular flexibility index (Phi) is 8.21. The summed E-state index contributed by atoms with van der Waals surface area (Å²) in [5, 5.41) is 22.9. The number of anilines is 1. The summed E-state index contributed by atoms with van der Waals surface area (Å²) in [5.41, 5.74) is 7.84. The standard InChI is InChI=1S/C16H13Cl2FN4O.C3H8O2/c1-8(14-11(17)2-3-12(19)15(14)18)24-13-4-9(5-21-16(13)20)10-6-22-23-7-10;1-3(5)2-4/h2-8H,1H3,(H2,20,21)(H,22,23);3-5H,2H2,1H3. The number of nitrogens with two attached hydrogens (primary N) is 1. The van der Waals surface area contributed by atoms with Crippen molar-refractivity contribution in [1.29, 1.82) is 0 Å². The number of hydrogen-bond donors (Lipinski definition) is 4. The second-order valence-electron chi connectivity index (χ2n) is 6.14. The number of nitrogen functional groups attached to an aromatic ring is 1. The molecule has 0 radical (unpaired) electrons. The first kappa shape index (κ1) is 22.9. The van der Waals surface area contributed by atoms with Crippen LogP contribution in [0.4, 0.5) is 10.2 Å². The van der Waals surface area contributed by atoms with Gasteiger partial charge in [-0.15, -0.1) is 0 Å². The van der Waals surface area contributed by atoms with Crippen LogP contribution in [0.2, 0.25) is 10.0 Å². The molecule has 3 aromatic rings. The Morgan fingerprint density at radius 3 is 2.52 bits per heavy atom. The zero-order valence-corrected chi connectivity index (χ0v) is 17.2. The van der Waals surface area contributed by atoms with Crippen LogP contribution in [0.5, 0.6) is 5.75 Å². The minimum Gasteiger partial charge on any atom is -0.482 e.